The van der Waals surface area contributed by atoms with Gasteiger partial charge >= 0.3 is 0 Å². The van der Waals surface area contributed by atoms with Crippen molar-refractivity contribution in [1.82, 2.24) is 10.7 Å². The summed E-state index contributed by atoms with van der Waals surface area (Å²) in [6.07, 6.45) is 0.0632. The molecule has 53 valence electrons. The fourth-order valence-electron chi connectivity index (χ4n) is 0.568. The monoisotopic (exact) mass is 156 g/mol. The highest BCUT2D eigenvalue weighted by Gasteiger charge is 2.01. The first-order chi connectivity index (χ1) is 4.68. The van der Waals surface area contributed by atoms with Gasteiger partial charge in [0, 0.05) is 5.38 Å². The number of nitrogens with one attached hydrogen (secondary N) is 1. The van der Waals surface area contributed by atoms with E-state index in [2.05, 4.69) is 4.98 Å². The number of amides is 1. The summed E-state index contributed by atoms with van der Waals surface area (Å²) in [6.45, 7) is 0. The number of hydrogen-bond acceptors (Lipinski definition) is 4. The second-order valence-electron chi connectivity index (χ2n) is 1.78. The Balaban J connectivity index is 2.67. The van der Waals surface area contributed by atoms with Gasteiger partial charge in [0.15, 0.2) is 5.13 Å². The van der Waals surface area contributed by atoms with E-state index in [0.29, 0.717) is 10.8 Å². The van der Waals surface area contributed by atoms with Crippen LogP contribution in [0.3, 0.4) is 0 Å². The van der Waals surface area contributed by atoms with Gasteiger partial charge in [-0.1, -0.05) is 0 Å². The van der Waals surface area contributed by atoms with Crippen LogP contribution in [0, 0.1) is 0 Å². The Morgan fingerprint density at radius 1 is 1.90 bits per heavy atom. The van der Waals surface area contributed by atoms with Crippen LogP contribution in [0.5, 0.6) is 0 Å². The molecule has 1 rings (SSSR count). The van der Waals surface area contributed by atoms with E-state index in [1.165, 1.54) is 11.3 Å². The molecule has 1 amide bonds. The third kappa shape index (κ3) is 1.70. The smallest absolute Gasteiger partial charge is 0.244 e. The lowest BCUT2D eigenvalue weighted by atomic mass is 10.3. The maximum Gasteiger partial charge on any atom is 0.244 e. The fraction of sp³-hybridized carbons (Fsp3) is 0.200. The van der Waals surface area contributed by atoms with Crippen molar-refractivity contribution < 1.29 is 4.79 Å². The van der Waals surface area contributed by atoms with Crippen molar-refractivity contribution in [2.45, 2.75) is 6.42 Å². The molecule has 0 aliphatic rings. The molecule has 0 aliphatic heterocycles. The van der Waals surface area contributed by atoms with E-state index in [1.807, 2.05) is 0 Å². The van der Waals surface area contributed by atoms with Crippen molar-refractivity contribution >= 4 is 22.4 Å². The van der Waals surface area contributed by atoms with Gasteiger partial charge in [-0.3, -0.25) is 10.5 Å². The van der Waals surface area contributed by atoms with Crippen LogP contribution >= 0.6 is 11.3 Å². The van der Waals surface area contributed by atoms with Gasteiger partial charge in [-0.15, -0.1) is 11.3 Å². The van der Waals surface area contributed by atoms with Crippen LogP contribution in [0.25, 0.3) is 0 Å². The number of nitrogens with zero attached hydrogens (tertiary/aromatic N) is 1. The summed E-state index contributed by atoms with van der Waals surface area (Å²) in [4.78, 5) is 14.0. The highest BCUT2D eigenvalue weighted by Crippen LogP contribution is 2.10. The van der Waals surface area contributed by atoms with Crippen molar-refractivity contribution in [1.29, 1.82) is 0 Å². The van der Waals surface area contributed by atoms with E-state index in [1.54, 1.807) is 5.38 Å². The van der Waals surface area contributed by atoms with E-state index in [4.69, 9.17) is 11.5 Å². The van der Waals surface area contributed by atoms with Crippen molar-refractivity contribution in [3.8, 4) is 0 Å². The first-order valence-corrected chi connectivity index (χ1v) is 3.51. The van der Waals surface area contributed by atoms with Gasteiger partial charge in [0.2, 0.25) is 5.91 Å². The number of rotatable bonds is 2. The lowest BCUT2D eigenvalue weighted by molar-refractivity contribution is -0.118. The van der Waals surface area contributed by atoms with Crippen LogP contribution < -0.4 is 11.5 Å². The van der Waals surface area contributed by atoms with E-state index < -0.39 is 5.91 Å². The van der Waals surface area contributed by atoms with Crippen molar-refractivity contribution in [3.63, 3.8) is 0 Å². The largest absolute Gasteiger partial charge is 0.375 e. The standard InChI is InChI=1S/C5H6N3OS/c6-4(9)1-3-2-10-5(7)8-3/h2,6H,1H2,(H2,7,8). The molecule has 0 saturated carbocycles. The van der Waals surface area contributed by atoms with Gasteiger partial charge in [-0.2, -0.15) is 0 Å². The second kappa shape index (κ2) is 2.66. The van der Waals surface area contributed by atoms with Crippen LogP contribution in [0.15, 0.2) is 5.38 Å². The van der Waals surface area contributed by atoms with Crippen molar-refractivity contribution in [2.24, 2.45) is 0 Å². The molecule has 1 heterocycles. The molecule has 0 atom stereocenters. The maximum absolute atomic E-state index is 10.2. The van der Waals surface area contributed by atoms with Crippen LogP contribution in [-0.2, 0) is 11.2 Å². The number of aromatic nitrogens is 1. The van der Waals surface area contributed by atoms with E-state index in [0.717, 1.165) is 0 Å². The lowest BCUT2D eigenvalue weighted by Gasteiger charge is -1.85. The van der Waals surface area contributed by atoms with Crippen molar-refractivity contribution in [3.05, 3.63) is 11.1 Å². The average Bonchev–Trinajstić information content (AvgIpc) is 2.13. The van der Waals surface area contributed by atoms with Crippen molar-refractivity contribution in [2.75, 3.05) is 5.73 Å². The highest BCUT2D eigenvalue weighted by atomic mass is 32.1. The Morgan fingerprint density at radius 2 is 2.60 bits per heavy atom. The molecule has 0 spiro atoms. The molecule has 10 heavy (non-hydrogen) atoms. The molecule has 5 heteroatoms. The number of nitrogen functional groups attached to an aromatic ring is 1. The summed E-state index contributed by atoms with van der Waals surface area (Å²) in [5.41, 5.74) is 12.5. The number of hydrogen-bond donors (Lipinski definition) is 1. The van der Waals surface area contributed by atoms with E-state index in [-0.39, 0.29) is 6.42 Å². The summed E-state index contributed by atoms with van der Waals surface area (Å²) in [5, 5.41) is 2.12. The third-order valence-corrected chi connectivity index (χ3v) is 1.63. The van der Waals surface area contributed by atoms with Crippen LogP contribution in [0.1, 0.15) is 5.69 Å². The summed E-state index contributed by atoms with van der Waals surface area (Å²) >= 11 is 1.28. The molecule has 1 aromatic heterocycles. The van der Waals surface area contributed by atoms with Gasteiger partial charge in [0.25, 0.3) is 0 Å². The van der Waals surface area contributed by atoms with E-state index in [9.17, 15) is 4.79 Å². The van der Waals surface area contributed by atoms with Gasteiger partial charge < -0.3 is 5.73 Å². The Morgan fingerprint density at radius 3 is 3.00 bits per heavy atom. The van der Waals surface area contributed by atoms with E-state index >= 15 is 0 Å². The van der Waals surface area contributed by atoms with Crippen LogP contribution in [0.4, 0.5) is 5.13 Å². The molecule has 0 unspecified atom stereocenters. The minimum atomic E-state index is -0.634. The first kappa shape index (κ1) is 7.01. The summed E-state index contributed by atoms with van der Waals surface area (Å²) < 4.78 is 0. The molecular formula is C5H6N3OS. The fourth-order valence-corrected chi connectivity index (χ4v) is 1.13. The Hall–Kier alpha value is -1.10. The molecule has 0 bridgehead atoms. The number of anilines is 1. The Bertz CT molecular complexity index is 245. The molecule has 3 N–H and O–H groups in total. The third-order valence-electron chi connectivity index (χ3n) is 0.911. The van der Waals surface area contributed by atoms with Crippen LogP contribution in [0.2, 0.25) is 0 Å². The Kier molecular flexibility index (Phi) is 1.86. The SMILES string of the molecule is [NH]C(=O)Cc1csc(N)n1. The first-order valence-electron chi connectivity index (χ1n) is 2.63. The molecule has 0 saturated heterocycles. The van der Waals surface area contributed by atoms with Gasteiger partial charge in [0.05, 0.1) is 12.1 Å². The van der Waals surface area contributed by atoms with Gasteiger partial charge in [-0.05, 0) is 0 Å². The summed E-state index contributed by atoms with van der Waals surface area (Å²) in [7, 11) is 0. The molecule has 0 fully saturated rings. The number of nitrogens with two attached hydrogens (primary N) is 1. The predicted octanol–water partition coefficient (Wildman–Crippen LogP) is 0.0773. The molecule has 0 aliphatic carbocycles. The molecular weight excluding hydrogens is 150 g/mol. The topological polar surface area (TPSA) is 79.8 Å². The molecule has 4 nitrogen and oxygen atoms in total. The number of carbonyl (C=O) groups is 1. The summed E-state index contributed by atoms with van der Waals surface area (Å²) in [5.74, 6) is -0.634. The minimum absolute atomic E-state index is 0.0632. The molecule has 1 radical (unpaired) electrons. The minimum Gasteiger partial charge on any atom is -0.375 e. The second-order valence-corrected chi connectivity index (χ2v) is 2.67. The average molecular weight is 156 g/mol. The maximum atomic E-state index is 10.2. The number of carbonyl (C=O) groups excluding carboxylic acids is 1. The Labute approximate surface area is 61.9 Å². The summed E-state index contributed by atoms with van der Waals surface area (Å²) in [6, 6.07) is 0. The van der Waals surface area contributed by atoms with Gasteiger partial charge in [-0.25, -0.2) is 4.98 Å². The van der Waals surface area contributed by atoms with Crippen LogP contribution in [-0.4, -0.2) is 10.9 Å². The zero-order chi connectivity index (χ0) is 7.56. The highest BCUT2D eigenvalue weighted by molar-refractivity contribution is 7.13. The zero-order valence-electron chi connectivity index (χ0n) is 5.13. The zero-order valence-corrected chi connectivity index (χ0v) is 5.94. The molecule has 0 aromatic carbocycles. The van der Waals surface area contributed by atoms with Gasteiger partial charge in [0.1, 0.15) is 0 Å². The molecule has 1 aromatic rings. The normalized spacial score (nSPS) is 9.60. The lowest BCUT2D eigenvalue weighted by Crippen LogP contribution is -2.02. The number of thiazole rings is 1. The predicted molar refractivity (Wildman–Crippen MR) is 38.3 cm³/mol. The quantitative estimate of drug-likeness (QED) is 0.658.